The number of nitrogens with one attached hydrogen (secondary N) is 1. The maximum absolute atomic E-state index is 12.2. The molecule has 0 bridgehead atoms. The van der Waals surface area contributed by atoms with E-state index in [1.807, 2.05) is 12.1 Å². The minimum Gasteiger partial charge on any atom is -0.480 e. The molecule has 0 aliphatic rings. The molecule has 0 aliphatic heterocycles. The number of amides is 1. The molecule has 0 saturated carbocycles. The van der Waals surface area contributed by atoms with Gasteiger partial charge in [0.2, 0.25) is 0 Å². The number of hydrogen-bond acceptors (Lipinski definition) is 4. The first kappa shape index (κ1) is 13.3. The number of anilines is 1. The van der Waals surface area contributed by atoms with Gasteiger partial charge < -0.3 is 15.0 Å². The number of nitrogens with zero attached hydrogens (tertiary/aromatic N) is 2. The summed E-state index contributed by atoms with van der Waals surface area (Å²) in [5.41, 5.74) is 3.59. The summed E-state index contributed by atoms with van der Waals surface area (Å²) in [6.45, 7) is -0.246. The normalized spacial score (nSPS) is 10.7. The number of fused-ring (bicyclic) bond motifs is 1. The average Bonchev–Trinajstić information content (AvgIpc) is 3.06. The molecule has 0 radical (unpaired) electrons. The fourth-order valence-corrected chi connectivity index (χ4v) is 2.75. The summed E-state index contributed by atoms with van der Waals surface area (Å²) in [7, 11) is 0. The van der Waals surface area contributed by atoms with Crippen LogP contribution in [0.25, 0.3) is 10.2 Å². The van der Waals surface area contributed by atoms with Crippen LogP contribution in [0.1, 0.15) is 10.5 Å². The first-order valence-corrected chi connectivity index (χ1v) is 7.03. The van der Waals surface area contributed by atoms with E-state index in [9.17, 15) is 9.59 Å². The van der Waals surface area contributed by atoms with Crippen molar-refractivity contribution >= 4 is 39.1 Å². The van der Waals surface area contributed by atoms with Crippen LogP contribution in [0.5, 0.6) is 0 Å². The topological polar surface area (TPSA) is 84.2 Å². The second-order valence-electron chi connectivity index (χ2n) is 4.40. The average molecular weight is 301 g/mol. The fraction of sp³-hybridized carbons (Fsp3) is 0.0714. The number of aliphatic carboxylic acids is 1. The van der Waals surface area contributed by atoms with Gasteiger partial charge in [0.15, 0.2) is 0 Å². The molecule has 2 heterocycles. The zero-order valence-corrected chi connectivity index (χ0v) is 11.6. The Kier molecular flexibility index (Phi) is 3.41. The van der Waals surface area contributed by atoms with Crippen LogP contribution in [0.3, 0.4) is 0 Å². The maximum Gasteiger partial charge on any atom is 0.323 e. The molecule has 2 aromatic heterocycles. The van der Waals surface area contributed by atoms with Crippen molar-refractivity contribution < 1.29 is 14.7 Å². The van der Waals surface area contributed by atoms with Crippen molar-refractivity contribution in [2.45, 2.75) is 6.54 Å². The van der Waals surface area contributed by atoms with E-state index < -0.39 is 5.97 Å². The molecular formula is C14H11N3O3S. The number of carbonyl (C=O) groups excluding carboxylic acids is 1. The van der Waals surface area contributed by atoms with Crippen molar-refractivity contribution in [3.63, 3.8) is 0 Å². The molecule has 1 amide bonds. The molecular weight excluding hydrogens is 290 g/mol. The Hall–Kier alpha value is -2.67. The molecule has 0 aliphatic carbocycles. The molecule has 106 valence electrons. The van der Waals surface area contributed by atoms with Crippen molar-refractivity contribution in [2.75, 3.05) is 5.32 Å². The van der Waals surface area contributed by atoms with Gasteiger partial charge in [0, 0.05) is 11.9 Å². The van der Waals surface area contributed by atoms with Crippen LogP contribution < -0.4 is 5.32 Å². The molecule has 3 rings (SSSR count). The zero-order valence-electron chi connectivity index (χ0n) is 10.8. The molecule has 3 aromatic rings. The van der Waals surface area contributed by atoms with E-state index in [4.69, 9.17) is 5.11 Å². The van der Waals surface area contributed by atoms with Gasteiger partial charge in [-0.3, -0.25) is 9.59 Å². The van der Waals surface area contributed by atoms with E-state index in [0.29, 0.717) is 11.4 Å². The second kappa shape index (κ2) is 5.37. The minimum atomic E-state index is -0.994. The lowest BCUT2D eigenvalue weighted by Crippen LogP contribution is -2.19. The molecule has 7 heteroatoms. The molecule has 0 saturated heterocycles. The number of benzene rings is 1. The number of aromatic nitrogens is 2. The van der Waals surface area contributed by atoms with Gasteiger partial charge in [-0.2, -0.15) is 0 Å². The number of carboxylic acids is 1. The SMILES string of the molecule is O=C(O)Cn1cccc1C(=O)Nc1ccc2ncsc2c1. The van der Waals surface area contributed by atoms with E-state index in [1.165, 1.54) is 15.9 Å². The molecule has 6 nitrogen and oxygen atoms in total. The van der Waals surface area contributed by atoms with Crippen molar-refractivity contribution in [3.05, 3.63) is 47.7 Å². The van der Waals surface area contributed by atoms with Gasteiger partial charge in [-0.05, 0) is 30.3 Å². The van der Waals surface area contributed by atoms with Gasteiger partial charge in [-0.25, -0.2) is 4.98 Å². The highest BCUT2D eigenvalue weighted by Crippen LogP contribution is 2.22. The lowest BCUT2D eigenvalue weighted by Gasteiger charge is -2.08. The predicted octanol–water partition coefficient (Wildman–Crippen LogP) is 2.43. The van der Waals surface area contributed by atoms with Gasteiger partial charge in [-0.1, -0.05) is 0 Å². The summed E-state index contributed by atoms with van der Waals surface area (Å²) in [6, 6.07) is 8.67. The third kappa shape index (κ3) is 2.77. The van der Waals surface area contributed by atoms with Crippen molar-refractivity contribution in [1.82, 2.24) is 9.55 Å². The largest absolute Gasteiger partial charge is 0.480 e. The first-order valence-electron chi connectivity index (χ1n) is 6.15. The van der Waals surface area contributed by atoms with E-state index in [1.54, 1.807) is 29.9 Å². The monoisotopic (exact) mass is 301 g/mol. The number of carboxylic acid groups (broad SMARTS) is 1. The van der Waals surface area contributed by atoms with Crippen LogP contribution in [0.15, 0.2) is 42.0 Å². The fourth-order valence-electron chi connectivity index (χ4n) is 2.03. The summed E-state index contributed by atoms with van der Waals surface area (Å²) in [6.07, 6.45) is 1.56. The summed E-state index contributed by atoms with van der Waals surface area (Å²) < 4.78 is 2.37. The van der Waals surface area contributed by atoms with Gasteiger partial charge in [-0.15, -0.1) is 11.3 Å². The number of hydrogen-bond donors (Lipinski definition) is 2. The number of carbonyl (C=O) groups is 2. The van der Waals surface area contributed by atoms with E-state index in [-0.39, 0.29) is 12.5 Å². The smallest absolute Gasteiger partial charge is 0.323 e. The lowest BCUT2D eigenvalue weighted by molar-refractivity contribution is -0.137. The molecule has 0 fully saturated rings. The summed E-state index contributed by atoms with van der Waals surface area (Å²) in [5.74, 6) is -1.34. The Balaban J connectivity index is 1.82. The molecule has 0 spiro atoms. The molecule has 21 heavy (non-hydrogen) atoms. The highest BCUT2D eigenvalue weighted by molar-refractivity contribution is 7.16. The van der Waals surface area contributed by atoms with Gasteiger partial charge >= 0.3 is 5.97 Å². The summed E-state index contributed by atoms with van der Waals surface area (Å²) in [4.78, 5) is 27.1. The van der Waals surface area contributed by atoms with Crippen LogP contribution in [-0.4, -0.2) is 26.5 Å². The quantitative estimate of drug-likeness (QED) is 0.775. The second-order valence-corrected chi connectivity index (χ2v) is 5.29. The molecule has 2 N–H and O–H groups in total. The molecule has 0 unspecified atom stereocenters. The third-order valence-corrected chi connectivity index (χ3v) is 3.75. The molecule has 0 atom stereocenters. The number of thiazole rings is 1. The van der Waals surface area contributed by atoms with Gasteiger partial charge in [0.25, 0.3) is 5.91 Å². The number of rotatable bonds is 4. The van der Waals surface area contributed by atoms with Crippen LogP contribution in [0.4, 0.5) is 5.69 Å². The van der Waals surface area contributed by atoms with Gasteiger partial charge in [0.1, 0.15) is 12.2 Å². The Morgan fingerprint density at radius 2 is 2.19 bits per heavy atom. The highest BCUT2D eigenvalue weighted by Gasteiger charge is 2.13. The Morgan fingerprint density at radius 3 is 3.00 bits per heavy atom. The first-order chi connectivity index (χ1) is 10.1. The molecule has 1 aromatic carbocycles. The van der Waals surface area contributed by atoms with Crippen LogP contribution >= 0.6 is 11.3 Å². The van der Waals surface area contributed by atoms with Crippen LogP contribution in [0, 0.1) is 0 Å². The highest BCUT2D eigenvalue weighted by atomic mass is 32.1. The maximum atomic E-state index is 12.2. The van der Waals surface area contributed by atoms with E-state index in [2.05, 4.69) is 10.3 Å². The third-order valence-electron chi connectivity index (χ3n) is 2.96. The van der Waals surface area contributed by atoms with E-state index >= 15 is 0 Å². The summed E-state index contributed by atoms with van der Waals surface area (Å²) in [5, 5.41) is 11.6. The zero-order chi connectivity index (χ0) is 14.8. The van der Waals surface area contributed by atoms with Crippen molar-refractivity contribution in [2.24, 2.45) is 0 Å². The van der Waals surface area contributed by atoms with Crippen molar-refractivity contribution in [1.29, 1.82) is 0 Å². The van der Waals surface area contributed by atoms with Crippen LogP contribution in [0.2, 0.25) is 0 Å². The van der Waals surface area contributed by atoms with Crippen LogP contribution in [-0.2, 0) is 11.3 Å². The van der Waals surface area contributed by atoms with Gasteiger partial charge in [0.05, 0.1) is 15.7 Å². The Bertz CT molecular complexity index is 822. The Labute approximate surface area is 123 Å². The predicted molar refractivity (Wildman–Crippen MR) is 79.6 cm³/mol. The Morgan fingerprint density at radius 1 is 1.33 bits per heavy atom. The standard InChI is InChI=1S/C14H11N3O3S/c18-13(19)7-17-5-1-2-11(17)14(20)16-9-3-4-10-12(6-9)21-8-15-10/h1-6,8H,7H2,(H,16,20)(H,18,19). The van der Waals surface area contributed by atoms with E-state index in [0.717, 1.165) is 10.2 Å². The lowest BCUT2D eigenvalue weighted by atomic mass is 10.3. The summed E-state index contributed by atoms with van der Waals surface area (Å²) >= 11 is 1.49. The van der Waals surface area contributed by atoms with Crippen molar-refractivity contribution in [3.8, 4) is 0 Å². The minimum absolute atomic E-state index is 0.246.